The van der Waals surface area contributed by atoms with Crippen LogP contribution in [0.25, 0.3) is 10.9 Å². The second-order valence-corrected chi connectivity index (χ2v) is 4.36. The van der Waals surface area contributed by atoms with Crippen LogP contribution >= 0.6 is 11.6 Å². The summed E-state index contributed by atoms with van der Waals surface area (Å²) in [7, 11) is 1.94. The summed E-state index contributed by atoms with van der Waals surface area (Å²) in [6.07, 6.45) is 1.94. The Morgan fingerprint density at radius 1 is 1.50 bits per heavy atom. The molecule has 2 aromatic rings. The molecular weight excluding hydrogens is 224 g/mol. The highest BCUT2D eigenvalue weighted by molar-refractivity contribution is 6.35. The van der Waals surface area contributed by atoms with Crippen LogP contribution in [0.2, 0.25) is 5.02 Å². The molecule has 3 nitrogen and oxygen atoms in total. The second-order valence-electron chi connectivity index (χ2n) is 3.96. The van der Waals surface area contributed by atoms with Crippen LogP contribution in [-0.2, 0) is 7.05 Å². The number of nitrogens with zero attached hydrogens (tertiary/aromatic N) is 1. The maximum Gasteiger partial charge on any atom is 0.0802 e. The van der Waals surface area contributed by atoms with E-state index in [2.05, 4.69) is 0 Å². The molecule has 86 valence electrons. The predicted octanol–water partition coefficient (Wildman–Crippen LogP) is 2.21. The van der Waals surface area contributed by atoms with Gasteiger partial charge in [0, 0.05) is 24.1 Å². The number of halogens is 1. The SMILES string of the molecule is Cn1cc(Cl)c2ccc(C(O)CCN)cc21. The Kier molecular flexibility index (Phi) is 3.19. The summed E-state index contributed by atoms with van der Waals surface area (Å²) < 4.78 is 1.95. The van der Waals surface area contributed by atoms with Gasteiger partial charge in [-0.3, -0.25) is 0 Å². The molecule has 0 spiro atoms. The first-order valence-electron chi connectivity index (χ1n) is 5.26. The van der Waals surface area contributed by atoms with Crippen molar-refractivity contribution in [1.82, 2.24) is 4.57 Å². The van der Waals surface area contributed by atoms with Crippen molar-refractivity contribution in [2.45, 2.75) is 12.5 Å². The highest BCUT2D eigenvalue weighted by Gasteiger charge is 2.10. The smallest absolute Gasteiger partial charge is 0.0802 e. The van der Waals surface area contributed by atoms with Crippen molar-refractivity contribution in [3.8, 4) is 0 Å². The summed E-state index contributed by atoms with van der Waals surface area (Å²) in [6, 6.07) is 5.79. The molecule has 1 atom stereocenters. The van der Waals surface area contributed by atoms with E-state index in [0.29, 0.717) is 13.0 Å². The average Bonchev–Trinajstić information content (AvgIpc) is 2.55. The Bertz CT molecular complexity index is 507. The van der Waals surface area contributed by atoms with E-state index < -0.39 is 6.10 Å². The fraction of sp³-hybridized carbons (Fsp3) is 0.333. The first-order chi connectivity index (χ1) is 7.63. The molecule has 0 aliphatic rings. The highest BCUT2D eigenvalue weighted by Crippen LogP contribution is 2.28. The average molecular weight is 239 g/mol. The van der Waals surface area contributed by atoms with Crippen molar-refractivity contribution in [3.05, 3.63) is 35.0 Å². The van der Waals surface area contributed by atoms with Gasteiger partial charge < -0.3 is 15.4 Å². The lowest BCUT2D eigenvalue weighted by molar-refractivity contribution is 0.170. The maximum absolute atomic E-state index is 9.86. The van der Waals surface area contributed by atoms with Gasteiger partial charge in [-0.25, -0.2) is 0 Å². The summed E-state index contributed by atoms with van der Waals surface area (Å²) in [4.78, 5) is 0. The fourth-order valence-electron chi connectivity index (χ4n) is 1.88. The molecule has 2 rings (SSSR count). The Labute approximate surface area is 99.4 Å². The van der Waals surface area contributed by atoms with Crippen molar-refractivity contribution in [2.75, 3.05) is 6.54 Å². The minimum Gasteiger partial charge on any atom is -0.388 e. The van der Waals surface area contributed by atoms with E-state index in [1.54, 1.807) is 0 Å². The lowest BCUT2D eigenvalue weighted by Crippen LogP contribution is -2.06. The molecule has 0 radical (unpaired) electrons. The maximum atomic E-state index is 9.86. The van der Waals surface area contributed by atoms with Gasteiger partial charge in [-0.1, -0.05) is 23.7 Å². The number of nitrogens with two attached hydrogens (primary N) is 1. The number of aliphatic hydroxyl groups excluding tert-OH is 1. The number of hydrogen-bond donors (Lipinski definition) is 2. The summed E-state index contributed by atoms with van der Waals surface area (Å²) in [5, 5.41) is 11.6. The molecule has 0 saturated heterocycles. The summed E-state index contributed by atoms with van der Waals surface area (Å²) in [5.41, 5.74) is 7.34. The molecule has 1 aromatic heterocycles. The third-order valence-corrected chi connectivity index (χ3v) is 3.09. The molecule has 0 fully saturated rings. The molecule has 0 saturated carbocycles. The highest BCUT2D eigenvalue weighted by atomic mass is 35.5. The van der Waals surface area contributed by atoms with E-state index in [-0.39, 0.29) is 0 Å². The molecule has 0 amide bonds. The number of fused-ring (bicyclic) bond motifs is 1. The van der Waals surface area contributed by atoms with Crippen LogP contribution in [0.15, 0.2) is 24.4 Å². The fourth-order valence-corrected chi connectivity index (χ4v) is 2.19. The van der Waals surface area contributed by atoms with Gasteiger partial charge in [-0.2, -0.15) is 0 Å². The molecule has 0 bridgehead atoms. The Morgan fingerprint density at radius 2 is 2.25 bits per heavy atom. The van der Waals surface area contributed by atoms with Crippen molar-refractivity contribution in [1.29, 1.82) is 0 Å². The molecule has 4 heteroatoms. The van der Waals surface area contributed by atoms with Gasteiger partial charge in [0.2, 0.25) is 0 Å². The molecule has 3 N–H and O–H groups in total. The van der Waals surface area contributed by atoms with Crippen LogP contribution in [0.3, 0.4) is 0 Å². The topological polar surface area (TPSA) is 51.2 Å². The van der Waals surface area contributed by atoms with Crippen LogP contribution in [0, 0.1) is 0 Å². The summed E-state index contributed by atoms with van der Waals surface area (Å²) >= 11 is 6.07. The standard InChI is InChI=1S/C12H15ClN2O/c1-15-7-10(13)9-3-2-8(6-11(9)15)12(16)4-5-14/h2-3,6-7,12,16H,4-5,14H2,1H3. The second kappa shape index (κ2) is 4.45. The zero-order valence-electron chi connectivity index (χ0n) is 9.15. The molecule has 1 heterocycles. The quantitative estimate of drug-likeness (QED) is 0.862. The van der Waals surface area contributed by atoms with Crippen molar-refractivity contribution < 1.29 is 5.11 Å². The molecule has 16 heavy (non-hydrogen) atoms. The third-order valence-electron chi connectivity index (χ3n) is 2.79. The normalized spacial score (nSPS) is 13.2. The first kappa shape index (κ1) is 11.5. The minimum atomic E-state index is -0.497. The van der Waals surface area contributed by atoms with E-state index >= 15 is 0 Å². The Balaban J connectivity index is 2.47. The zero-order valence-corrected chi connectivity index (χ0v) is 9.91. The van der Waals surface area contributed by atoms with Gasteiger partial charge >= 0.3 is 0 Å². The van der Waals surface area contributed by atoms with E-state index in [1.807, 2.05) is 36.0 Å². The summed E-state index contributed by atoms with van der Waals surface area (Å²) in [6.45, 7) is 0.479. The van der Waals surface area contributed by atoms with Gasteiger partial charge in [0.15, 0.2) is 0 Å². The molecular formula is C12H15ClN2O. The van der Waals surface area contributed by atoms with Crippen LogP contribution in [0.4, 0.5) is 0 Å². The first-order valence-corrected chi connectivity index (χ1v) is 5.64. The monoisotopic (exact) mass is 238 g/mol. The van der Waals surface area contributed by atoms with E-state index in [0.717, 1.165) is 21.5 Å². The predicted molar refractivity (Wildman–Crippen MR) is 66.6 cm³/mol. The molecule has 1 unspecified atom stereocenters. The van der Waals surface area contributed by atoms with E-state index in [9.17, 15) is 5.11 Å². The van der Waals surface area contributed by atoms with Crippen molar-refractivity contribution in [3.63, 3.8) is 0 Å². The van der Waals surface area contributed by atoms with Crippen LogP contribution in [0.1, 0.15) is 18.1 Å². The lowest BCUT2D eigenvalue weighted by Gasteiger charge is -2.10. The largest absolute Gasteiger partial charge is 0.388 e. The summed E-state index contributed by atoms with van der Waals surface area (Å²) in [5.74, 6) is 0. The Morgan fingerprint density at radius 3 is 2.94 bits per heavy atom. The van der Waals surface area contributed by atoms with E-state index in [4.69, 9.17) is 17.3 Å². The minimum absolute atomic E-state index is 0.479. The van der Waals surface area contributed by atoms with Crippen LogP contribution in [-0.4, -0.2) is 16.2 Å². The van der Waals surface area contributed by atoms with Gasteiger partial charge in [0.25, 0.3) is 0 Å². The van der Waals surface area contributed by atoms with Gasteiger partial charge in [-0.05, 0) is 24.6 Å². The number of rotatable bonds is 3. The number of aromatic nitrogens is 1. The Hall–Kier alpha value is -1.03. The molecule has 0 aliphatic heterocycles. The number of benzene rings is 1. The van der Waals surface area contributed by atoms with E-state index in [1.165, 1.54) is 0 Å². The lowest BCUT2D eigenvalue weighted by atomic mass is 10.1. The van der Waals surface area contributed by atoms with Gasteiger partial charge in [-0.15, -0.1) is 0 Å². The van der Waals surface area contributed by atoms with Crippen molar-refractivity contribution in [2.24, 2.45) is 12.8 Å². The molecule has 0 aliphatic carbocycles. The van der Waals surface area contributed by atoms with Crippen LogP contribution in [0.5, 0.6) is 0 Å². The van der Waals surface area contributed by atoms with Gasteiger partial charge in [0.1, 0.15) is 0 Å². The third kappa shape index (κ3) is 1.94. The number of aliphatic hydroxyl groups is 1. The van der Waals surface area contributed by atoms with Crippen LogP contribution < -0.4 is 5.73 Å². The van der Waals surface area contributed by atoms with Gasteiger partial charge in [0.05, 0.1) is 11.1 Å². The number of aryl methyl sites for hydroxylation is 1. The molecule has 1 aromatic carbocycles. The van der Waals surface area contributed by atoms with Crippen molar-refractivity contribution >= 4 is 22.5 Å². The number of hydrogen-bond acceptors (Lipinski definition) is 2. The zero-order chi connectivity index (χ0) is 11.7.